The van der Waals surface area contributed by atoms with E-state index < -0.39 is 11.5 Å². The van der Waals surface area contributed by atoms with Gasteiger partial charge in [0, 0.05) is 0 Å². The highest BCUT2D eigenvalue weighted by Crippen LogP contribution is 2.35. The van der Waals surface area contributed by atoms with Crippen molar-refractivity contribution in [2.45, 2.75) is 19.4 Å². The highest BCUT2D eigenvalue weighted by atomic mass is 16.6. The number of rotatable bonds is 0. The Morgan fingerprint density at radius 1 is 1.36 bits per heavy atom. The predicted octanol–water partition coefficient (Wildman–Crippen LogP) is 1.58. The fraction of sp³-hybridized carbons (Fsp3) is 0.300. The van der Waals surface area contributed by atoms with Gasteiger partial charge in [0.25, 0.3) is 5.91 Å². The molecule has 1 aromatic rings. The maximum Gasteiger partial charge on any atom is 0.294 e. The van der Waals surface area contributed by atoms with Crippen molar-refractivity contribution >= 4 is 11.6 Å². The van der Waals surface area contributed by atoms with E-state index in [0.29, 0.717) is 16.5 Å². The van der Waals surface area contributed by atoms with Gasteiger partial charge in [-0.1, -0.05) is 12.1 Å². The number of carbonyl (C=O) groups excluding carboxylic acids is 1. The number of hydrogen-bond acceptors (Lipinski definition) is 3. The SMILES string of the molecule is CC1(C)Oc2ccccc2N(O)C1=O. The molecule has 0 bridgehead atoms. The third kappa shape index (κ3) is 1.15. The van der Waals surface area contributed by atoms with E-state index in [4.69, 9.17) is 4.74 Å². The lowest BCUT2D eigenvalue weighted by Crippen LogP contribution is -2.51. The highest BCUT2D eigenvalue weighted by Gasteiger charge is 2.40. The van der Waals surface area contributed by atoms with Gasteiger partial charge in [-0.15, -0.1) is 0 Å². The molecule has 0 spiro atoms. The van der Waals surface area contributed by atoms with E-state index in [9.17, 15) is 10.0 Å². The van der Waals surface area contributed by atoms with Crippen LogP contribution >= 0.6 is 0 Å². The van der Waals surface area contributed by atoms with Gasteiger partial charge >= 0.3 is 0 Å². The lowest BCUT2D eigenvalue weighted by Gasteiger charge is -2.35. The zero-order valence-electron chi connectivity index (χ0n) is 8.02. The van der Waals surface area contributed by atoms with Crippen molar-refractivity contribution in [2.75, 3.05) is 5.06 Å². The number of nitrogens with zero attached hydrogens (tertiary/aromatic N) is 1. The summed E-state index contributed by atoms with van der Waals surface area (Å²) < 4.78 is 5.45. The second kappa shape index (κ2) is 2.72. The summed E-state index contributed by atoms with van der Waals surface area (Å²) in [5, 5.41) is 10.2. The summed E-state index contributed by atoms with van der Waals surface area (Å²) in [6.07, 6.45) is 0. The first kappa shape index (κ1) is 9.02. The molecule has 0 saturated heterocycles. The standard InChI is InChI=1S/C10H11NO3/c1-10(2)9(12)11(13)7-5-3-4-6-8(7)14-10/h3-6,13H,1-2H3. The van der Waals surface area contributed by atoms with Crippen LogP contribution in [0.4, 0.5) is 5.69 Å². The van der Waals surface area contributed by atoms with Gasteiger partial charge in [0.05, 0.1) is 0 Å². The zero-order chi connectivity index (χ0) is 10.3. The topological polar surface area (TPSA) is 49.8 Å². The van der Waals surface area contributed by atoms with Crippen LogP contribution in [0.15, 0.2) is 24.3 Å². The van der Waals surface area contributed by atoms with Crippen molar-refractivity contribution in [3.63, 3.8) is 0 Å². The zero-order valence-corrected chi connectivity index (χ0v) is 8.02. The minimum Gasteiger partial charge on any atom is -0.476 e. The Morgan fingerprint density at radius 3 is 2.71 bits per heavy atom. The fourth-order valence-corrected chi connectivity index (χ4v) is 1.40. The number of anilines is 1. The minimum absolute atomic E-state index is 0.386. The van der Waals surface area contributed by atoms with Gasteiger partial charge in [-0.05, 0) is 26.0 Å². The highest BCUT2D eigenvalue weighted by molar-refractivity contribution is 6.00. The van der Waals surface area contributed by atoms with Gasteiger partial charge in [-0.25, -0.2) is 0 Å². The van der Waals surface area contributed by atoms with E-state index in [1.807, 2.05) is 0 Å². The summed E-state index contributed by atoms with van der Waals surface area (Å²) in [5.41, 5.74) is -0.625. The summed E-state index contributed by atoms with van der Waals surface area (Å²) in [5.74, 6) is 0.0517. The first-order chi connectivity index (χ1) is 6.52. The molecule has 2 rings (SSSR count). The molecule has 14 heavy (non-hydrogen) atoms. The minimum atomic E-state index is -1.01. The molecule has 0 aliphatic carbocycles. The number of benzene rings is 1. The third-order valence-corrected chi connectivity index (χ3v) is 2.17. The number of ether oxygens (including phenoxy) is 1. The molecule has 1 amide bonds. The Balaban J connectivity index is 2.53. The van der Waals surface area contributed by atoms with E-state index in [2.05, 4.69) is 0 Å². The van der Waals surface area contributed by atoms with E-state index in [0.717, 1.165) is 0 Å². The largest absolute Gasteiger partial charge is 0.476 e. The van der Waals surface area contributed by atoms with Crippen LogP contribution in [-0.2, 0) is 4.79 Å². The van der Waals surface area contributed by atoms with Gasteiger partial charge in [0.15, 0.2) is 5.60 Å². The van der Waals surface area contributed by atoms with Gasteiger partial charge in [0.2, 0.25) is 0 Å². The molecule has 1 aliphatic rings. The molecular formula is C10H11NO3. The maximum atomic E-state index is 11.6. The second-order valence-electron chi connectivity index (χ2n) is 3.70. The van der Waals surface area contributed by atoms with Crippen LogP contribution in [0.5, 0.6) is 5.75 Å². The number of amides is 1. The Hall–Kier alpha value is -1.55. The molecule has 4 heteroatoms. The van der Waals surface area contributed by atoms with E-state index in [1.165, 1.54) is 0 Å². The van der Waals surface area contributed by atoms with Crippen molar-refractivity contribution in [3.8, 4) is 5.75 Å². The Morgan fingerprint density at radius 2 is 2.00 bits per heavy atom. The van der Waals surface area contributed by atoms with Crippen LogP contribution in [-0.4, -0.2) is 16.7 Å². The van der Waals surface area contributed by atoms with Gasteiger partial charge in [-0.2, -0.15) is 5.06 Å². The molecule has 74 valence electrons. The first-order valence-electron chi connectivity index (χ1n) is 4.34. The number of carbonyl (C=O) groups is 1. The number of hydrogen-bond donors (Lipinski definition) is 1. The molecule has 1 aliphatic heterocycles. The molecule has 0 saturated carbocycles. The lowest BCUT2D eigenvalue weighted by molar-refractivity contribution is -0.138. The molecule has 1 N–H and O–H groups in total. The normalized spacial score (nSPS) is 18.8. The molecular weight excluding hydrogens is 182 g/mol. The van der Waals surface area contributed by atoms with Crippen LogP contribution in [0.1, 0.15) is 13.8 Å². The molecule has 0 radical (unpaired) electrons. The third-order valence-electron chi connectivity index (χ3n) is 2.17. The van der Waals surface area contributed by atoms with Crippen LogP contribution in [0.25, 0.3) is 0 Å². The van der Waals surface area contributed by atoms with Crippen LogP contribution < -0.4 is 9.80 Å². The molecule has 1 heterocycles. The molecule has 0 aromatic heterocycles. The number of hydroxylamine groups is 1. The van der Waals surface area contributed by atoms with Gasteiger partial charge in [-0.3, -0.25) is 10.0 Å². The summed E-state index contributed by atoms with van der Waals surface area (Å²) in [6.45, 7) is 3.24. The van der Waals surface area contributed by atoms with Crippen molar-refractivity contribution in [1.29, 1.82) is 0 Å². The van der Waals surface area contributed by atoms with Gasteiger partial charge in [0.1, 0.15) is 11.4 Å². The van der Waals surface area contributed by atoms with E-state index in [1.54, 1.807) is 38.1 Å². The Labute approximate surface area is 81.7 Å². The summed E-state index contributed by atoms with van der Waals surface area (Å²) in [7, 11) is 0. The summed E-state index contributed by atoms with van der Waals surface area (Å²) in [6, 6.07) is 6.87. The molecule has 1 aromatic carbocycles. The monoisotopic (exact) mass is 193 g/mol. The van der Waals surface area contributed by atoms with Crippen molar-refractivity contribution in [1.82, 2.24) is 0 Å². The second-order valence-corrected chi connectivity index (χ2v) is 3.70. The first-order valence-corrected chi connectivity index (χ1v) is 4.34. The van der Waals surface area contributed by atoms with Crippen LogP contribution in [0.2, 0.25) is 0 Å². The lowest BCUT2D eigenvalue weighted by atomic mass is 10.1. The maximum absolute atomic E-state index is 11.6. The van der Waals surface area contributed by atoms with Crippen LogP contribution in [0, 0.1) is 0 Å². The van der Waals surface area contributed by atoms with Gasteiger partial charge < -0.3 is 4.74 Å². The molecule has 0 unspecified atom stereocenters. The molecule has 0 atom stereocenters. The van der Waals surface area contributed by atoms with Crippen molar-refractivity contribution in [3.05, 3.63) is 24.3 Å². The fourth-order valence-electron chi connectivity index (χ4n) is 1.40. The summed E-state index contributed by atoms with van der Waals surface area (Å²) >= 11 is 0. The average Bonchev–Trinajstić information content (AvgIpc) is 2.14. The van der Waals surface area contributed by atoms with Crippen molar-refractivity contribution in [2.24, 2.45) is 0 Å². The summed E-state index contributed by atoms with van der Waals surface area (Å²) in [4.78, 5) is 11.6. The quantitative estimate of drug-likeness (QED) is 0.636. The predicted molar refractivity (Wildman–Crippen MR) is 50.4 cm³/mol. The van der Waals surface area contributed by atoms with Crippen LogP contribution in [0.3, 0.4) is 0 Å². The van der Waals surface area contributed by atoms with E-state index >= 15 is 0 Å². The smallest absolute Gasteiger partial charge is 0.294 e. The Kier molecular flexibility index (Phi) is 1.75. The number of para-hydroxylation sites is 2. The van der Waals surface area contributed by atoms with Crippen molar-refractivity contribution < 1.29 is 14.7 Å². The average molecular weight is 193 g/mol. The Bertz CT molecular complexity index is 387. The molecule has 4 nitrogen and oxygen atoms in total. The number of fused-ring (bicyclic) bond motifs is 1. The molecule has 0 fully saturated rings. The van der Waals surface area contributed by atoms with E-state index in [-0.39, 0.29) is 0 Å².